The Hall–Kier alpha value is -12.5. The fourth-order valence-corrected chi connectivity index (χ4v) is 13.1. The van der Waals surface area contributed by atoms with Gasteiger partial charge in [-0.1, -0.05) is 98.6 Å². The van der Waals surface area contributed by atoms with Crippen LogP contribution >= 0.6 is 11.8 Å². The second kappa shape index (κ2) is 59.9. The highest BCUT2D eigenvalue weighted by atomic mass is 32.2. The van der Waals surface area contributed by atoms with Gasteiger partial charge in [-0.25, -0.2) is 4.79 Å². The van der Waals surface area contributed by atoms with E-state index < -0.39 is 307 Å². The molecule has 0 spiro atoms. The summed E-state index contributed by atoms with van der Waals surface area (Å²) in [6, 6.07) is -21.9. The van der Waals surface area contributed by atoms with Crippen molar-refractivity contribution in [3.05, 3.63) is 35.9 Å². The SMILES string of the molecule is CC[C@H](C)[C@H](N)C(=O)N[C@@H](CCC(N)=O)C(=O)N[C@@H](CCSC)C(=O)N[C@H](C(=O)N[C@H](C(=O)N[C@@H](CC(=O)O)C(=O)N[C@H](C(=O)N[C@@H](CCC(N)=O)C(=O)N[C@H](C(=O)N[C@@H](C)C(=O)N[C@H](C(=O)N[C@@H](CCCNC(=N)N)C(=O)N[C@H](C(=O)N[C@@H](CC(N)=O)C(=O)N[C@@H](CO)C(=O)N[C@H](C(=O)N[C@@H](Cc1ccccc1)C(=O)O)[C@@H](C)O)[C@@H](C)O)C(C)C)[C@@H](C)O)[C@@H](C)CC)[C@@H](C)O)C(C)C. The number of thioether (sulfide) groups is 1. The van der Waals surface area contributed by atoms with Crippen molar-refractivity contribution in [3.8, 4) is 0 Å². The van der Waals surface area contributed by atoms with Gasteiger partial charge in [0, 0.05) is 25.8 Å². The Balaban J connectivity index is 3.57. The summed E-state index contributed by atoms with van der Waals surface area (Å²) in [4.78, 5) is 285. The molecule has 0 aliphatic carbocycles. The number of amides is 19. The predicted molar refractivity (Wildman–Crippen MR) is 480 cm³/mol. The van der Waals surface area contributed by atoms with E-state index in [4.69, 9.17) is 34.1 Å². The molecule has 0 unspecified atom stereocenters. The van der Waals surface area contributed by atoms with E-state index in [-0.39, 0.29) is 63.2 Å². The summed E-state index contributed by atoms with van der Waals surface area (Å²) in [5.41, 5.74) is 28.2. The van der Waals surface area contributed by atoms with Crippen LogP contribution in [0.2, 0.25) is 0 Å². The van der Waals surface area contributed by atoms with Crippen LogP contribution in [0.5, 0.6) is 0 Å². The Morgan fingerprint density at radius 2 is 0.687 bits per heavy atom. The maximum Gasteiger partial charge on any atom is 0.326 e. The van der Waals surface area contributed by atoms with Crippen LogP contribution in [-0.4, -0.2) is 318 Å². The van der Waals surface area contributed by atoms with Gasteiger partial charge in [0.1, 0.15) is 96.7 Å². The maximum absolute atomic E-state index is 14.5. The van der Waals surface area contributed by atoms with Crippen molar-refractivity contribution in [1.29, 1.82) is 5.41 Å². The van der Waals surface area contributed by atoms with Crippen molar-refractivity contribution in [1.82, 2.24) is 90.4 Å². The number of primary amides is 3. The normalized spacial score (nSPS) is 16.4. The Morgan fingerprint density at radius 3 is 1.08 bits per heavy atom. The summed E-state index contributed by atoms with van der Waals surface area (Å²) in [5.74, 6) is -28.6. The second-order valence-corrected chi connectivity index (χ2v) is 34.1. The molecule has 0 aliphatic heterocycles. The molecular weight excluding hydrogens is 1790 g/mol. The van der Waals surface area contributed by atoms with Crippen LogP contribution < -0.4 is 119 Å². The molecule has 23 atom stereocenters. The molecule has 0 saturated carbocycles. The zero-order valence-corrected chi connectivity index (χ0v) is 78.2. The Bertz CT molecular complexity index is 4210. The molecule has 1 rings (SSSR count). The summed E-state index contributed by atoms with van der Waals surface area (Å²) < 4.78 is 0. The van der Waals surface area contributed by atoms with Crippen LogP contribution in [0.1, 0.15) is 166 Å². The van der Waals surface area contributed by atoms with Gasteiger partial charge in [0.2, 0.25) is 112 Å². The van der Waals surface area contributed by atoms with Gasteiger partial charge < -0.3 is 155 Å². The molecule has 35 N–H and O–H groups in total. The van der Waals surface area contributed by atoms with Crippen LogP contribution in [0.15, 0.2) is 30.3 Å². The highest BCUT2D eigenvalue weighted by Crippen LogP contribution is 2.17. The molecule has 754 valence electrons. The molecule has 51 nitrogen and oxygen atoms in total. The smallest absolute Gasteiger partial charge is 0.326 e. The van der Waals surface area contributed by atoms with Crippen molar-refractivity contribution in [3.63, 3.8) is 0 Å². The van der Waals surface area contributed by atoms with Crippen molar-refractivity contribution in [2.75, 3.05) is 25.2 Å². The summed E-state index contributed by atoms with van der Waals surface area (Å²) >= 11 is 1.28. The minimum Gasteiger partial charge on any atom is -0.481 e. The largest absolute Gasteiger partial charge is 0.481 e. The highest BCUT2D eigenvalue weighted by molar-refractivity contribution is 7.98. The van der Waals surface area contributed by atoms with Crippen LogP contribution in [0.4, 0.5) is 0 Å². The van der Waals surface area contributed by atoms with Crippen molar-refractivity contribution in [2.24, 2.45) is 52.3 Å². The van der Waals surface area contributed by atoms with Crippen molar-refractivity contribution < 1.29 is 136 Å². The van der Waals surface area contributed by atoms with E-state index in [9.17, 15) is 136 Å². The monoisotopic (exact) mass is 1920 g/mol. The van der Waals surface area contributed by atoms with E-state index >= 15 is 0 Å². The minimum atomic E-state index is -2.13. The molecule has 52 heteroatoms. The van der Waals surface area contributed by atoms with Gasteiger partial charge in [-0.3, -0.25) is 101 Å². The number of aliphatic hydroxyl groups excluding tert-OH is 5. The molecule has 134 heavy (non-hydrogen) atoms. The lowest BCUT2D eigenvalue weighted by Crippen LogP contribution is -2.63. The topological polar surface area (TPSA) is 859 Å². The lowest BCUT2D eigenvalue weighted by Gasteiger charge is -2.30. The molecule has 0 bridgehead atoms. The summed E-state index contributed by atoms with van der Waals surface area (Å²) in [7, 11) is 0. The average Bonchev–Trinajstić information content (AvgIpc) is 0.840. The lowest BCUT2D eigenvalue weighted by molar-refractivity contribution is -0.143. The zero-order chi connectivity index (χ0) is 103. The number of carbonyl (C=O) groups excluding carboxylic acids is 19. The summed E-state index contributed by atoms with van der Waals surface area (Å²) in [5, 5.41) is 120. The number of hydrogen-bond donors (Lipinski definition) is 30. The van der Waals surface area contributed by atoms with Crippen LogP contribution in [0.25, 0.3) is 0 Å². The number of aliphatic hydroxyl groups is 5. The Labute approximate surface area is 778 Å². The molecule has 1 aromatic rings. The van der Waals surface area contributed by atoms with Gasteiger partial charge in [-0.2, -0.15) is 11.8 Å². The highest BCUT2D eigenvalue weighted by Gasteiger charge is 2.43. The van der Waals surface area contributed by atoms with Crippen molar-refractivity contribution in [2.45, 2.75) is 294 Å². The molecular formula is C82H137N23O28S. The number of guanidine groups is 1. The third kappa shape index (κ3) is 42.6. The molecule has 19 amide bonds. The number of carbonyl (C=O) groups is 21. The Morgan fingerprint density at radius 1 is 0.366 bits per heavy atom. The standard InChI is InChI=1S/C82H137N23O28S/c1-15-37(7)57(86)73(124)92-46(24-26-53(83)111)66(117)91-48(28-30-134-14)69(120)100-59(36(5)6)75(126)105-64(43(13)110)79(130)96-50(33-56(114)115)71(122)101-60(38(8)16-2)76(127)94-47(25-27-54(84)112)68(119)102-61(40(10)107)77(128)90-39(9)65(116)99-58(35(3)4)74(125)93-45(23-20-29-89-82(87)88)67(118)103-62(41(11)108)78(129)95-49(32-55(85)113)70(121)98-52(34-106)72(123)104-63(42(12)109)80(131)97-51(81(132)133)31-44-21-18-17-19-22-44/h17-19,21-22,35-43,45-52,57-64,106-110H,15-16,20,23-34,86H2,1-14H3,(H2,83,111)(H2,84,112)(H2,85,113)(H,90,128)(H,91,117)(H,92,124)(H,93,125)(H,94,127)(H,95,129)(H,96,130)(H,97,131)(H,98,121)(H,99,116)(H,100,120)(H,101,122)(H,102,119)(H,103,118)(H,104,123)(H,105,126)(H,114,115)(H,132,133)(H4,87,88,89)/t37-,38-,39-,40+,41+,42+,43+,45-,46-,47-,48-,49-,50-,51-,52-,57-,58-,59-,60-,61-,62-,63-,64-/m0/s1. The van der Waals surface area contributed by atoms with Gasteiger partial charge in [-0.15, -0.1) is 0 Å². The van der Waals surface area contributed by atoms with E-state index in [0.717, 1.165) is 34.6 Å². The van der Waals surface area contributed by atoms with Gasteiger partial charge in [-0.05, 0) is 108 Å². The number of rotatable bonds is 63. The predicted octanol–water partition coefficient (Wildman–Crippen LogP) is -10.8. The van der Waals surface area contributed by atoms with Crippen molar-refractivity contribution >= 4 is 142 Å². The first-order valence-corrected chi connectivity index (χ1v) is 44.7. The zero-order valence-electron chi connectivity index (χ0n) is 77.4. The van der Waals surface area contributed by atoms with Gasteiger partial charge in [0.15, 0.2) is 5.96 Å². The lowest BCUT2D eigenvalue weighted by atomic mass is 9.96. The molecule has 0 fully saturated rings. The molecule has 1 aromatic carbocycles. The first-order valence-electron chi connectivity index (χ1n) is 43.3. The van der Waals surface area contributed by atoms with E-state index in [1.165, 1.54) is 46.4 Å². The minimum absolute atomic E-state index is 0.0495. The molecule has 0 heterocycles. The van der Waals surface area contributed by atoms with Crippen LogP contribution in [0, 0.1) is 29.1 Å². The van der Waals surface area contributed by atoms with E-state index in [0.29, 0.717) is 12.0 Å². The van der Waals surface area contributed by atoms with Gasteiger partial charge in [0.05, 0.1) is 49.9 Å². The number of carboxylic acid groups (broad SMARTS) is 2. The average molecular weight is 1930 g/mol. The second-order valence-electron chi connectivity index (χ2n) is 33.1. The van der Waals surface area contributed by atoms with E-state index in [1.807, 2.05) is 5.32 Å². The molecule has 0 saturated heterocycles. The first kappa shape index (κ1) is 119. The third-order valence-electron chi connectivity index (χ3n) is 21.1. The van der Waals surface area contributed by atoms with E-state index in [1.54, 1.807) is 57.4 Å². The summed E-state index contributed by atoms with van der Waals surface area (Å²) in [6.07, 6.45) is -9.99. The molecule has 0 aromatic heterocycles. The van der Waals surface area contributed by atoms with Gasteiger partial charge in [0.25, 0.3) is 0 Å². The summed E-state index contributed by atoms with van der Waals surface area (Å²) in [6.45, 7) is 16.2. The van der Waals surface area contributed by atoms with Gasteiger partial charge >= 0.3 is 11.9 Å². The number of carboxylic acids is 2. The number of hydrogen-bond acceptors (Lipinski definition) is 29. The number of nitrogens with two attached hydrogens (primary N) is 5. The molecule has 0 radical (unpaired) electrons. The fourth-order valence-electron chi connectivity index (χ4n) is 12.6. The number of benzene rings is 1. The Kier molecular flexibility index (Phi) is 53.4. The fraction of sp³-hybridized carbons (Fsp3) is 0.659. The maximum atomic E-state index is 14.5. The first-order chi connectivity index (χ1) is 62.5. The number of aliphatic carboxylic acids is 2. The van der Waals surface area contributed by atoms with Crippen LogP contribution in [0.3, 0.4) is 0 Å². The van der Waals surface area contributed by atoms with Crippen LogP contribution in [-0.2, 0) is 107 Å². The van der Waals surface area contributed by atoms with E-state index in [2.05, 4.69) is 85.1 Å². The molecule has 0 aliphatic rings. The number of nitrogens with one attached hydrogen (secondary N) is 18. The quantitative estimate of drug-likeness (QED) is 0.0164. The third-order valence-corrected chi connectivity index (χ3v) is 21.7.